The van der Waals surface area contributed by atoms with Crippen molar-refractivity contribution in [3.63, 3.8) is 0 Å². The van der Waals surface area contributed by atoms with Gasteiger partial charge in [0.2, 0.25) is 5.91 Å². The first-order chi connectivity index (χ1) is 13.7. The van der Waals surface area contributed by atoms with Gasteiger partial charge < -0.3 is 15.2 Å². The topological polar surface area (TPSA) is 61.8 Å². The minimum atomic E-state index is 0.135. The zero-order valence-electron chi connectivity index (χ0n) is 17.1. The summed E-state index contributed by atoms with van der Waals surface area (Å²) in [5.74, 6) is 1.09. The van der Waals surface area contributed by atoms with E-state index in [4.69, 9.17) is 4.74 Å². The van der Waals surface area contributed by atoms with Crippen LogP contribution in [0.15, 0.2) is 29.8 Å². The highest BCUT2D eigenvalue weighted by Crippen LogP contribution is 2.28. The molecule has 0 aromatic heterocycles. The number of benzene rings is 1. The van der Waals surface area contributed by atoms with E-state index in [2.05, 4.69) is 16.3 Å². The standard InChI is InChI=1S/C23H34N2O3/c1-2-28-22-16-19(8-9-21(22)26)17-25-14-11-20(12-15-25)23(27)24-13-10-18-6-4-3-5-7-18/h6,8-9,16,20,26H,2-5,7,10-15,17H2,1H3,(H,24,27). The number of piperidine rings is 1. The molecule has 0 atom stereocenters. The summed E-state index contributed by atoms with van der Waals surface area (Å²) in [6, 6.07) is 5.55. The lowest BCUT2D eigenvalue weighted by atomic mass is 9.95. The maximum atomic E-state index is 12.5. The number of rotatable bonds is 8. The molecule has 1 saturated heterocycles. The van der Waals surface area contributed by atoms with Gasteiger partial charge in [0.25, 0.3) is 0 Å². The van der Waals surface area contributed by atoms with Crippen LogP contribution in [0.4, 0.5) is 0 Å². The fourth-order valence-corrected chi connectivity index (χ4v) is 4.16. The molecule has 1 aromatic carbocycles. The van der Waals surface area contributed by atoms with Crippen molar-refractivity contribution in [2.24, 2.45) is 5.92 Å². The quantitative estimate of drug-likeness (QED) is 0.663. The lowest BCUT2D eigenvalue weighted by Gasteiger charge is -2.31. The third-order valence-corrected chi connectivity index (χ3v) is 5.82. The molecule has 2 N–H and O–H groups in total. The predicted molar refractivity (Wildman–Crippen MR) is 111 cm³/mol. The van der Waals surface area contributed by atoms with E-state index in [1.54, 1.807) is 6.07 Å². The third-order valence-electron chi connectivity index (χ3n) is 5.82. The number of nitrogens with zero attached hydrogens (tertiary/aromatic N) is 1. The van der Waals surface area contributed by atoms with Crippen molar-refractivity contribution in [1.29, 1.82) is 0 Å². The number of phenolic OH excluding ortho intramolecular Hbond substituents is 1. The second kappa shape index (κ2) is 10.5. The Morgan fingerprint density at radius 3 is 2.82 bits per heavy atom. The summed E-state index contributed by atoms with van der Waals surface area (Å²) in [5, 5.41) is 13.0. The third kappa shape index (κ3) is 5.99. The van der Waals surface area contributed by atoms with Gasteiger partial charge in [-0.1, -0.05) is 17.7 Å². The van der Waals surface area contributed by atoms with E-state index in [1.165, 1.54) is 31.3 Å². The molecule has 0 radical (unpaired) electrons. The first-order valence-electron chi connectivity index (χ1n) is 10.8. The van der Waals surface area contributed by atoms with E-state index in [9.17, 15) is 9.90 Å². The summed E-state index contributed by atoms with van der Waals surface area (Å²) in [6.45, 7) is 5.90. The summed E-state index contributed by atoms with van der Waals surface area (Å²) in [6.07, 6.45) is 10.2. The number of allylic oxidation sites excluding steroid dienone is 1. The normalized spacial score (nSPS) is 18.5. The van der Waals surface area contributed by atoms with E-state index in [0.717, 1.165) is 51.0 Å². The Labute approximate surface area is 168 Å². The minimum Gasteiger partial charge on any atom is -0.504 e. The lowest BCUT2D eigenvalue weighted by Crippen LogP contribution is -2.40. The van der Waals surface area contributed by atoms with Gasteiger partial charge in [-0.25, -0.2) is 0 Å². The van der Waals surface area contributed by atoms with Gasteiger partial charge in [0, 0.05) is 19.0 Å². The van der Waals surface area contributed by atoms with Gasteiger partial charge in [-0.2, -0.15) is 0 Å². The Kier molecular flexibility index (Phi) is 7.78. The molecule has 5 nitrogen and oxygen atoms in total. The van der Waals surface area contributed by atoms with Gasteiger partial charge in [-0.3, -0.25) is 9.69 Å². The monoisotopic (exact) mass is 386 g/mol. The van der Waals surface area contributed by atoms with E-state index in [-0.39, 0.29) is 17.6 Å². The number of nitrogens with one attached hydrogen (secondary N) is 1. The highest BCUT2D eigenvalue weighted by Gasteiger charge is 2.25. The number of hydrogen-bond acceptors (Lipinski definition) is 4. The molecular formula is C23H34N2O3. The summed E-state index contributed by atoms with van der Waals surface area (Å²) in [7, 11) is 0. The Morgan fingerprint density at radius 2 is 2.11 bits per heavy atom. The first-order valence-corrected chi connectivity index (χ1v) is 10.8. The van der Waals surface area contributed by atoms with Crippen molar-refractivity contribution in [2.45, 2.75) is 58.4 Å². The van der Waals surface area contributed by atoms with Crippen molar-refractivity contribution in [3.8, 4) is 11.5 Å². The average molecular weight is 387 g/mol. The second-order valence-electron chi connectivity index (χ2n) is 7.93. The van der Waals surface area contributed by atoms with Crippen LogP contribution in [0.2, 0.25) is 0 Å². The minimum absolute atomic E-state index is 0.135. The summed E-state index contributed by atoms with van der Waals surface area (Å²) >= 11 is 0. The molecule has 5 heteroatoms. The Morgan fingerprint density at radius 1 is 1.29 bits per heavy atom. The van der Waals surface area contributed by atoms with Gasteiger partial charge in [0.1, 0.15) is 0 Å². The second-order valence-corrected chi connectivity index (χ2v) is 7.93. The summed E-state index contributed by atoms with van der Waals surface area (Å²) in [5.41, 5.74) is 2.64. The van der Waals surface area contributed by atoms with Gasteiger partial charge in [-0.15, -0.1) is 0 Å². The molecule has 1 aromatic rings. The van der Waals surface area contributed by atoms with Crippen LogP contribution in [0.1, 0.15) is 57.4 Å². The number of phenols is 1. The van der Waals surface area contributed by atoms with Gasteiger partial charge in [0.15, 0.2) is 11.5 Å². The van der Waals surface area contributed by atoms with Crippen molar-refractivity contribution in [3.05, 3.63) is 35.4 Å². The number of aromatic hydroxyl groups is 1. The number of likely N-dealkylation sites (tertiary alicyclic amines) is 1. The van der Waals surface area contributed by atoms with Gasteiger partial charge >= 0.3 is 0 Å². The fourth-order valence-electron chi connectivity index (χ4n) is 4.16. The molecule has 3 rings (SSSR count). The molecule has 1 aliphatic heterocycles. The lowest BCUT2D eigenvalue weighted by molar-refractivity contribution is -0.126. The van der Waals surface area contributed by atoms with Crippen LogP contribution in [-0.2, 0) is 11.3 Å². The van der Waals surface area contributed by atoms with Gasteiger partial charge in [0.05, 0.1) is 6.61 Å². The molecule has 28 heavy (non-hydrogen) atoms. The molecule has 0 unspecified atom stereocenters. The van der Waals surface area contributed by atoms with Crippen molar-refractivity contribution in [1.82, 2.24) is 10.2 Å². The molecule has 0 bridgehead atoms. The predicted octanol–water partition coefficient (Wildman–Crippen LogP) is 4.01. The van der Waals surface area contributed by atoms with Crippen molar-refractivity contribution < 1.29 is 14.6 Å². The Hall–Kier alpha value is -2.01. The Bertz CT molecular complexity index is 678. The maximum Gasteiger partial charge on any atom is 0.223 e. The van der Waals surface area contributed by atoms with Crippen LogP contribution in [0.3, 0.4) is 0 Å². The molecule has 1 amide bonds. The summed E-state index contributed by atoms with van der Waals surface area (Å²) < 4.78 is 5.47. The molecule has 1 heterocycles. The van der Waals surface area contributed by atoms with Crippen LogP contribution in [0.25, 0.3) is 0 Å². The number of hydrogen-bond donors (Lipinski definition) is 2. The van der Waals surface area contributed by atoms with Gasteiger partial charge in [-0.05, 0) is 82.7 Å². The summed E-state index contributed by atoms with van der Waals surface area (Å²) in [4.78, 5) is 14.8. The number of carbonyl (C=O) groups excluding carboxylic acids is 1. The highest BCUT2D eigenvalue weighted by atomic mass is 16.5. The average Bonchev–Trinajstić information content (AvgIpc) is 2.72. The SMILES string of the molecule is CCOc1cc(CN2CCC(C(=O)NCCC3=CCCCC3)CC2)ccc1O. The van der Waals surface area contributed by atoms with E-state index >= 15 is 0 Å². The van der Waals surface area contributed by atoms with E-state index in [0.29, 0.717) is 12.4 Å². The molecule has 2 aliphatic rings. The molecule has 0 saturated carbocycles. The number of carbonyl (C=O) groups is 1. The van der Waals surface area contributed by atoms with Crippen LogP contribution in [-0.4, -0.2) is 42.2 Å². The molecular weight excluding hydrogens is 352 g/mol. The Balaban J connectivity index is 1.39. The van der Waals surface area contributed by atoms with Crippen LogP contribution < -0.4 is 10.1 Å². The largest absolute Gasteiger partial charge is 0.504 e. The molecule has 1 fully saturated rings. The van der Waals surface area contributed by atoms with Crippen molar-refractivity contribution >= 4 is 5.91 Å². The van der Waals surface area contributed by atoms with Crippen LogP contribution in [0, 0.1) is 5.92 Å². The number of ether oxygens (including phenoxy) is 1. The van der Waals surface area contributed by atoms with Crippen LogP contribution >= 0.6 is 0 Å². The molecule has 1 aliphatic carbocycles. The highest BCUT2D eigenvalue weighted by molar-refractivity contribution is 5.78. The van der Waals surface area contributed by atoms with E-state index < -0.39 is 0 Å². The maximum absolute atomic E-state index is 12.5. The van der Waals surface area contributed by atoms with Crippen LogP contribution in [0.5, 0.6) is 11.5 Å². The number of amides is 1. The zero-order chi connectivity index (χ0) is 19.8. The zero-order valence-corrected chi connectivity index (χ0v) is 17.1. The first kappa shape index (κ1) is 20.7. The fraction of sp³-hybridized carbons (Fsp3) is 0.609. The van der Waals surface area contributed by atoms with E-state index in [1.807, 2.05) is 19.1 Å². The molecule has 154 valence electrons. The molecule has 0 spiro atoms. The smallest absolute Gasteiger partial charge is 0.223 e. The van der Waals surface area contributed by atoms with Crippen molar-refractivity contribution in [2.75, 3.05) is 26.2 Å².